The summed E-state index contributed by atoms with van der Waals surface area (Å²) >= 11 is 0. The molecule has 3 rings (SSSR count). The lowest BCUT2D eigenvalue weighted by Crippen LogP contribution is -2.06. The molecule has 0 aliphatic heterocycles. The molecule has 0 aliphatic carbocycles. The Balaban J connectivity index is 2.29. The van der Waals surface area contributed by atoms with Gasteiger partial charge in [0.1, 0.15) is 0 Å². The number of hydrogen-bond donors (Lipinski definition) is 0. The van der Waals surface area contributed by atoms with Crippen molar-refractivity contribution in [3.8, 4) is 0 Å². The third-order valence-corrected chi connectivity index (χ3v) is 7.97. The van der Waals surface area contributed by atoms with Gasteiger partial charge < -0.3 is 0 Å². The summed E-state index contributed by atoms with van der Waals surface area (Å²) in [6, 6.07) is 32.9. The molecule has 0 amide bonds. The van der Waals surface area contributed by atoms with Crippen molar-refractivity contribution in [3.05, 3.63) is 91.0 Å². The van der Waals surface area contributed by atoms with E-state index in [2.05, 4.69) is 97.9 Å². The van der Waals surface area contributed by atoms with Crippen LogP contribution in [0, 0.1) is 0 Å². The van der Waals surface area contributed by atoms with E-state index < -0.39 is 10.0 Å². The van der Waals surface area contributed by atoms with Gasteiger partial charge in [-0.15, -0.1) is 0 Å². The zero-order chi connectivity index (χ0) is 14.5. The van der Waals surface area contributed by atoms with Crippen LogP contribution in [-0.2, 0) is 0 Å². The van der Waals surface area contributed by atoms with E-state index >= 15 is 0 Å². The van der Waals surface area contributed by atoms with Crippen molar-refractivity contribution >= 4 is 10.0 Å². The smallest absolute Gasteiger partial charge is 0.00188 e. The SMILES string of the molecule is CCS(c1ccccc1)(c1ccccc1)c1ccccc1. The Kier molecular flexibility index (Phi) is 4.12. The summed E-state index contributed by atoms with van der Waals surface area (Å²) in [4.78, 5) is 4.31. The normalized spacial score (nSPS) is 12.0. The largest absolute Gasteiger partial charge is 0.161 e. The molecule has 0 aliphatic rings. The zero-order valence-corrected chi connectivity index (χ0v) is 13.1. The van der Waals surface area contributed by atoms with E-state index in [0.29, 0.717) is 0 Å². The van der Waals surface area contributed by atoms with Crippen LogP contribution in [0.1, 0.15) is 6.92 Å². The first-order chi connectivity index (χ1) is 10.4. The van der Waals surface area contributed by atoms with Gasteiger partial charge in [-0.25, -0.2) is 0 Å². The fourth-order valence-corrected chi connectivity index (χ4v) is 6.55. The van der Waals surface area contributed by atoms with E-state index in [1.807, 2.05) is 0 Å². The Bertz CT molecular complexity index is 578. The molecule has 0 atom stereocenters. The Labute approximate surface area is 128 Å². The summed E-state index contributed by atoms with van der Waals surface area (Å²) in [6.07, 6.45) is 0. The first-order valence-corrected chi connectivity index (χ1v) is 9.14. The van der Waals surface area contributed by atoms with Crippen molar-refractivity contribution in [1.82, 2.24) is 0 Å². The second-order valence-electron chi connectivity index (χ2n) is 4.97. The lowest BCUT2D eigenvalue weighted by Gasteiger charge is -2.40. The minimum atomic E-state index is -1.17. The van der Waals surface area contributed by atoms with Crippen LogP contribution in [0.3, 0.4) is 0 Å². The second-order valence-corrected chi connectivity index (χ2v) is 8.44. The molecule has 0 heterocycles. The monoisotopic (exact) mass is 292 g/mol. The quantitative estimate of drug-likeness (QED) is 0.554. The second kappa shape index (κ2) is 6.19. The van der Waals surface area contributed by atoms with Crippen molar-refractivity contribution in [2.75, 3.05) is 5.75 Å². The van der Waals surface area contributed by atoms with Gasteiger partial charge in [-0.05, 0) is 56.8 Å². The summed E-state index contributed by atoms with van der Waals surface area (Å²) in [5, 5.41) is 0. The van der Waals surface area contributed by atoms with Crippen LogP contribution in [0.2, 0.25) is 0 Å². The van der Waals surface area contributed by atoms with Crippen molar-refractivity contribution in [1.29, 1.82) is 0 Å². The van der Waals surface area contributed by atoms with E-state index in [9.17, 15) is 0 Å². The van der Waals surface area contributed by atoms with Gasteiger partial charge in [0.2, 0.25) is 0 Å². The van der Waals surface area contributed by atoms with Gasteiger partial charge in [-0.3, -0.25) is 0 Å². The zero-order valence-electron chi connectivity index (χ0n) is 12.3. The molecule has 0 aromatic heterocycles. The van der Waals surface area contributed by atoms with Crippen LogP contribution < -0.4 is 0 Å². The topological polar surface area (TPSA) is 0 Å². The van der Waals surface area contributed by atoms with Crippen molar-refractivity contribution in [3.63, 3.8) is 0 Å². The number of hydrogen-bond acceptors (Lipinski definition) is 0. The predicted molar refractivity (Wildman–Crippen MR) is 92.3 cm³/mol. The molecular formula is C20H20S. The van der Waals surface area contributed by atoms with Crippen LogP contribution >= 0.6 is 10.0 Å². The standard InChI is InChI=1S/C20H20S/c1-2-21(18-12-6-3-7-13-18,19-14-8-4-9-15-19)20-16-10-5-11-17-20/h3-17H,2H2,1H3. The van der Waals surface area contributed by atoms with Crippen molar-refractivity contribution in [2.24, 2.45) is 0 Å². The van der Waals surface area contributed by atoms with Crippen LogP contribution in [0.5, 0.6) is 0 Å². The predicted octanol–water partition coefficient (Wildman–Crippen LogP) is 5.99. The average Bonchev–Trinajstić information content (AvgIpc) is 2.59. The molecule has 0 fully saturated rings. The molecule has 0 saturated heterocycles. The number of rotatable bonds is 4. The van der Waals surface area contributed by atoms with Crippen LogP contribution in [-0.4, -0.2) is 5.75 Å². The molecule has 21 heavy (non-hydrogen) atoms. The maximum absolute atomic E-state index is 2.31. The van der Waals surface area contributed by atoms with Crippen molar-refractivity contribution in [2.45, 2.75) is 21.6 Å². The Hall–Kier alpha value is -1.99. The lowest BCUT2D eigenvalue weighted by molar-refractivity contribution is 1.25. The molecule has 1 heteroatoms. The average molecular weight is 292 g/mol. The first kappa shape index (κ1) is 14.0. The molecular weight excluding hydrogens is 272 g/mol. The highest BCUT2D eigenvalue weighted by Crippen LogP contribution is 2.67. The first-order valence-electron chi connectivity index (χ1n) is 7.34. The molecule has 3 aromatic rings. The maximum atomic E-state index is 2.31. The Morgan fingerprint density at radius 2 is 0.810 bits per heavy atom. The lowest BCUT2D eigenvalue weighted by atomic mass is 10.4. The fourth-order valence-electron chi connectivity index (χ4n) is 2.87. The molecule has 3 aromatic carbocycles. The van der Waals surface area contributed by atoms with Crippen LogP contribution in [0.25, 0.3) is 0 Å². The molecule has 106 valence electrons. The fraction of sp³-hybridized carbons (Fsp3) is 0.100. The van der Waals surface area contributed by atoms with E-state index in [-0.39, 0.29) is 0 Å². The highest BCUT2D eigenvalue weighted by Gasteiger charge is 2.28. The molecule has 0 nitrogen and oxygen atoms in total. The summed E-state index contributed by atoms with van der Waals surface area (Å²) in [5.74, 6) is 1.12. The minimum absolute atomic E-state index is 1.12. The molecule has 0 saturated carbocycles. The van der Waals surface area contributed by atoms with E-state index in [1.54, 1.807) is 0 Å². The summed E-state index contributed by atoms with van der Waals surface area (Å²) in [6.45, 7) is 2.31. The Morgan fingerprint density at radius 1 is 0.524 bits per heavy atom. The van der Waals surface area contributed by atoms with E-state index in [1.165, 1.54) is 14.7 Å². The van der Waals surface area contributed by atoms with Gasteiger partial charge in [-0.2, -0.15) is 10.0 Å². The third kappa shape index (κ3) is 2.50. The van der Waals surface area contributed by atoms with Crippen molar-refractivity contribution < 1.29 is 0 Å². The molecule has 0 unspecified atom stereocenters. The van der Waals surface area contributed by atoms with Gasteiger partial charge in [0, 0.05) is 0 Å². The summed E-state index contributed by atoms with van der Waals surface area (Å²) in [7, 11) is -1.17. The van der Waals surface area contributed by atoms with Gasteiger partial charge in [0.25, 0.3) is 0 Å². The van der Waals surface area contributed by atoms with Crippen LogP contribution in [0.15, 0.2) is 106 Å². The molecule has 0 N–H and O–H groups in total. The third-order valence-electron chi connectivity index (χ3n) is 3.87. The van der Waals surface area contributed by atoms with E-state index in [4.69, 9.17) is 0 Å². The van der Waals surface area contributed by atoms with Gasteiger partial charge in [0.05, 0.1) is 0 Å². The maximum Gasteiger partial charge on any atom is -0.00188 e. The summed E-state index contributed by atoms with van der Waals surface area (Å²) < 4.78 is 0. The molecule has 0 bridgehead atoms. The highest BCUT2D eigenvalue weighted by molar-refractivity contribution is 8.33. The van der Waals surface area contributed by atoms with Gasteiger partial charge in [0.15, 0.2) is 0 Å². The molecule has 0 radical (unpaired) electrons. The number of benzene rings is 3. The van der Waals surface area contributed by atoms with Gasteiger partial charge in [-0.1, -0.05) is 61.5 Å². The summed E-state index contributed by atoms with van der Waals surface area (Å²) in [5.41, 5.74) is 0. The highest BCUT2D eigenvalue weighted by atomic mass is 32.3. The van der Waals surface area contributed by atoms with Gasteiger partial charge >= 0.3 is 0 Å². The van der Waals surface area contributed by atoms with Crippen LogP contribution in [0.4, 0.5) is 0 Å². The molecule has 0 spiro atoms. The van der Waals surface area contributed by atoms with E-state index in [0.717, 1.165) is 5.75 Å². The minimum Gasteiger partial charge on any atom is -0.161 e. The Morgan fingerprint density at radius 3 is 1.05 bits per heavy atom.